The minimum Gasteiger partial charge on any atom is -0.479 e. The van der Waals surface area contributed by atoms with Gasteiger partial charge in [-0.15, -0.1) is 0 Å². The van der Waals surface area contributed by atoms with Gasteiger partial charge in [0, 0.05) is 13.3 Å². The molecule has 168 valence electrons. The van der Waals surface area contributed by atoms with Gasteiger partial charge in [0.05, 0.1) is 26.0 Å². The maximum absolute atomic E-state index is 12.8. The number of rotatable bonds is 13. The summed E-state index contributed by atoms with van der Waals surface area (Å²) in [5.41, 5.74) is -1.11. The summed E-state index contributed by atoms with van der Waals surface area (Å²) in [5, 5.41) is 12.1. The van der Waals surface area contributed by atoms with Crippen LogP contribution in [0, 0.1) is 0 Å². The van der Waals surface area contributed by atoms with E-state index < -0.39 is 31.0 Å². The van der Waals surface area contributed by atoms with Gasteiger partial charge in [0.25, 0.3) is 0 Å². The second-order valence-corrected chi connectivity index (χ2v) is 8.66. The van der Waals surface area contributed by atoms with E-state index in [-0.39, 0.29) is 38.8 Å². The number of aryl methyl sites for hydroxylation is 1. The van der Waals surface area contributed by atoms with Gasteiger partial charge in [-0.2, -0.15) is 0 Å². The number of amides is 1. The van der Waals surface area contributed by atoms with Gasteiger partial charge in [-0.3, -0.25) is 9.36 Å². The zero-order valence-electron chi connectivity index (χ0n) is 17.8. The summed E-state index contributed by atoms with van der Waals surface area (Å²) in [6, 6.07) is 6.83. The Labute approximate surface area is 176 Å². The van der Waals surface area contributed by atoms with Crippen LogP contribution in [0.5, 0.6) is 0 Å². The summed E-state index contributed by atoms with van der Waals surface area (Å²) < 4.78 is 28.3. The van der Waals surface area contributed by atoms with E-state index in [9.17, 15) is 24.1 Å². The van der Waals surface area contributed by atoms with Crippen molar-refractivity contribution in [3.8, 4) is 0 Å². The molecule has 0 aliphatic rings. The van der Waals surface area contributed by atoms with Gasteiger partial charge in [-0.05, 0) is 38.3 Å². The van der Waals surface area contributed by atoms with E-state index in [1.54, 1.807) is 45.0 Å². The van der Waals surface area contributed by atoms with Crippen LogP contribution in [0.1, 0.15) is 38.8 Å². The van der Waals surface area contributed by atoms with Gasteiger partial charge < -0.3 is 24.2 Å². The predicted molar refractivity (Wildman–Crippen MR) is 110 cm³/mol. The molecule has 1 unspecified atom stereocenters. The molecular weight excluding hydrogens is 413 g/mol. The Kier molecular flexibility index (Phi) is 10.2. The molecule has 1 aromatic rings. The molecule has 30 heavy (non-hydrogen) atoms. The number of esters is 1. The first-order chi connectivity index (χ1) is 14.1. The van der Waals surface area contributed by atoms with Crippen molar-refractivity contribution in [2.24, 2.45) is 0 Å². The van der Waals surface area contributed by atoms with Crippen molar-refractivity contribution in [1.82, 2.24) is 5.32 Å². The Hall–Kier alpha value is -2.22. The molecule has 1 aromatic carbocycles. The third kappa shape index (κ3) is 6.93. The lowest BCUT2D eigenvalue weighted by Gasteiger charge is -2.28. The molecule has 0 radical (unpaired) electrons. The highest BCUT2D eigenvalue weighted by molar-refractivity contribution is 7.53. The summed E-state index contributed by atoms with van der Waals surface area (Å²) in [6.45, 7) is 6.52. The van der Waals surface area contributed by atoms with Crippen molar-refractivity contribution in [1.29, 1.82) is 0 Å². The average Bonchev–Trinajstić information content (AvgIpc) is 2.66. The van der Waals surface area contributed by atoms with E-state index in [0.717, 1.165) is 6.92 Å². The SMILES string of the molecule is CCOC(=O)C(Cc1ccccc1CCP(=O)(OCC)OCC)(NC(C)=O)C(=O)O. The molecule has 1 amide bonds. The van der Waals surface area contributed by atoms with Crippen LogP contribution in [0.25, 0.3) is 0 Å². The van der Waals surface area contributed by atoms with Crippen molar-refractivity contribution >= 4 is 25.4 Å². The van der Waals surface area contributed by atoms with E-state index >= 15 is 0 Å². The topological polar surface area (TPSA) is 128 Å². The number of carboxylic acids is 1. The van der Waals surface area contributed by atoms with E-state index in [1.165, 1.54) is 0 Å². The minimum atomic E-state index is -3.30. The van der Waals surface area contributed by atoms with Crippen molar-refractivity contribution in [2.75, 3.05) is 26.0 Å². The molecule has 0 saturated carbocycles. The van der Waals surface area contributed by atoms with Gasteiger partial charge in [-0.1, -0.05) is 24.3 Å². The second kappa shape index (κ2) is 11.8. The molecule has 0 fully saturated rings. The summed E-state index contributed by atoms with van der Waals surface area (Å²) in [4.78, 5) is 36.3. The Morgan fingerprint density at radius 1 is 1.03 bits per heavy atom. The van der Waals surface area contributed by atoms with Crippen molar-refractivity contribution in [3.05, 3.63) is 35.4 Å². The second-order valence-electron chi connectivity index (χ2n) is 6.48. The Balaban J connectivity index is 3.27. The Morgan fingerprint density at radius 2 is 1.60 bits per heavy atom. The van der Waals surface area contributed by atoms with Gasteiger partial charge in [0.1, 0.15) is 0 Å². The number of carboxylic acid groups (broad SMARTS) is 1. The molecule has 1 rings (SSSR count). The Morgan fingerprint density at radius 3 is 2.07 bits per heavy atom. The first-order valence-corrected chi connectivity index (χ1v) is 11.5. The van der Waals surface area contributed by atoms with E-state index in [4.69, 9.17) is 13.8 Å². The predicted octanol–water partition coefficient (Wildman–Crippen LogP) is 2.56. The molecule has 0 bridgehead atoms. The molecule has 2 N–H and O–H groups in total. The van der Waals surface area contributed by atoms with Crippen LogP contribution in [0.4, 0.5) is 0 Å². The molecule has 0 heterocycles. The normalized spacial score (nSPS) is 13.3. The first kappa shape index (κ1) is 25.8. The zero-order valence-corrected chi connectivity index (χ0v) is 18.7. The van der Waals surface area contributed by atoms with Crippen LogP contribution >= 0.6 is 7.60 Å². The molecular formula is C20H30NO8P. The largest absolute Gasteiger partial charge is 0.479 e. The number of aliphatic carboxylic acids is 1. The van der Waals surface area contributed by atoms with E-state index in [2.05, 4.69) is 5.32 Å². The third-order valence-corrected chi connectivity index (χ3v) is 6.33. The zero-order chi connectivity index (χ0) is 22.8. The highest BCUT2D eigenvalue weighted by Crippen LogP contribution is 2.48. The van der Waals surface area contributed by atoms with Gasteiger partial charge in [-0.25, -0.2) is 9.59 Å². The number of benzene rings is 1. The molecule has 9 nitrogen and oxygen atoms in total. The van der Waals surface area contributed by atoms with Crippen molar-refractivity contribution < 1.29 is 37.8 Å². The molecule has 1 atom stereocenters. The van der Waals surface area contributed by atoms with Crippen molar-refractivity contribution in [2.45, 2.75) is 46.1 Å². The molecule has 0 saturated heterocycles. The monoisotopic (exact) mass is 443 g/mol. The summed E-state index contributed by atoms with van der Waals surface area (Å²) in [6.07, 6.45) is 0.0296. The lowest BCUT2D eigenvalue weighted by Crippen LogP contribution is -2.62. The van der Waals surface area contributed by atoms with Gasteiger partial charge >= 0.3 is 19.5 Å². The Bertz CT molecular complexity index is 787. The number of hydrogen-bond acceptors (Lipinski definition) is 7. The molecule has 10 heteroatoms. The highest BCUT2D eigenvalue weighted by Gasteiger charge is 2.49. The highest BCUT2D eigenvalue weighted by atomic mass is 31.2. The number of hydrogen-bond donors (Lipinski definition) is 2. The summed E-state index contributed by atoms with van der Waals surface area (Å²) >= 11 is 0. The van der Waals surface area contributed by atoms with Gasteiger partial charge in [0.2, 0.25) is 11.4 Å². The number of ether oxygens (including phenoxy) is 1. The lowest BCUT2D eigenvalue weighted by atomic mass is 9.87. The van der Waals surface area contributed by atoms with Crippen LogP contribution in [-0.4, -0.2) is 54.5 Å². The maximum Gasteiger partial charge on any atom is 0.344 e. The smallest absolute Gasteiger partial charge is 0.344 e. The fourth-order valence-electron chi connectivity index (χ4n) is 3.02. The quantitative estimate of drug-likeness (QED) is 0.270. The van der Waals surface area contributed by atoms with Crippen LogP contribution in [-0.2, 0) is 45.6 Å². The van der Waals surface area contributed by atoms with Crippen LogP contribution in [0.3, 0.4) is 0 Å². The number of carbonyl (C=O) groups is 3. The van der Waals surface area contributed by atoms with Crippen LogP contribution in [0.2, 0.25) is 0 Å². The van der Waals surface area contributed by atoms with E-state index in [1.807, 2.05) is 0 Å². The number of nitrogens with one attached hydrogen (secondary N) is 1. The van der Waals surface area contributed by atoms with Crippen LogP contribution < -0.4 is 5.32 Å². The summed E-state index contributed by atoms with van der Waals surface area (Å²) in [7, 11) is -3.30. The van der Waals surface area contributed by atoms with Crippen molar-refractivity contribution in [3.63, 3.8) is 0 Å². The standard InChI is InChI=1S/C20H30NO8P/c1-5-27-19(25)20(18(23)24,21-15(4)22)14-17-11-9-8-10-16(17)12-13-30(26,28-6-2)29-7-3/h8-11H,5-7,12-14H2,1-4H3,(H,21,22)(H,23,24). The van der Waals surface area contributed by atoms with E-state index in [0.29, 0.717) is 11.1 Å². The lowest BCUT2D eigenvalue weighted by molar-refractivity contribution is -0.164. The van der Waals surface area contributed by atoms with Gasteiger partial charge in [0.15, 0.2) is 0 Å². The minimum absolute atomic E-state index is 0.0407. The average molecular weight is 443 g/mol. The molecule has 0 aliphatic carbocycles. The molecule has 0 aliphatic heterocycles. The third-order valence-electron chi connectivity index (χ3n) is 4.26. The maximum atomic E-state index is 12.8. The molecule has 0 spiro atoms. The number of carbonyl (C=O) groups excluding carboxylic acids is 2. The van der Waals surface area contributed by atoms with Crippen LogP contribution in [0.15, 0.2) is 24.3 Å². The summed E-state index contributed by atoms with van der Waals surface area (Å²) in [5.74, 6) is -3.27. The fourth-order valence-corrected chi connectivity index (χ4v) is 4.65. The fraction of sp³-hybridized carbons (Fsp3) is 0.550. The molecule has 0 aromatic heterocycles. The first-order valence-electron chi connectivity index (χ1n) is 9.78.